The second-order valence-corrected chi connectivity index (χ2v) is 7.07. The molecule has 0 radical (unpaired) electrons. The lowest BCUT2D eigenvalue weighted by Gasteiger charge is -2.12. The number of halogens is 2. The lowest BCUT2D eigenvalue weighted by atomic mass is 10.2. The van der Waals surface area contributed by atoms with Crippen LogP contribution in [0.5, 0.6) is 11.5 Å². The third-order valence-electron chi connectivity index (χ3n) is 4.28. The number of fused-ring (bicyclic) bond motifs is 1. The van der Waals surface area contributed by atoms with E-state index in [1.165, 1.54) is 10.9 Å². The van der Waals surface area contributed by atoms with E-state index in [0.29, 0.717) is 36.2 Å². The van der Waals surface area contributed by atoms with Gasteiger partial charge in [0.25, 0.3) is 5.56 Å². The molecule has 0 bridgehead atoms. The Morgan fingerprint density at radius 2 is 1.79 bits per heavy atom. The first-order valence-corrected chi connectivity index (χ1v) is 9.53. The third kappa shape index (κ3) is 3.93. The smallest absolute Gasteiger partial charge is 0.292 e. The number of anilines is 1. The van der Waals surface area contributed by atoms with Gasteiger partial charge in [0, 0.05) is 18.0 Å². The van der Waals surface area contributed by atoms with E-state index in [0.717, 1.165) is 23.5 Å². The fourth-order valence-electron chi connectivity index (χ4n) is 2.84. The first-order chi connectivity index (χ1) is 13.6. The largest absolute Gasteiger partial charge is 0.490 e. The summed E-state index contributed by atoms with van der Waals surface area (Å²) in [6.07, 6.45) is 2.38. The molecule has 0 spiro atoms. The summed E-state index contributed by atoms with van der Waals surface area (Å²) in [6, 6.07) is 12.5. The van der Waals surface area contributed by atoms with E-state index >= 15 is 0 Å². The Balaban J connectivity index is 1.53. The van der Waals surface area contributed by atoms with Crippen LogP contribution in [0.25, 0.3) is 5.69 Å². The maximum atomic E-state index is 12.6. The van der Waals surface area contributed by atoms with E-state index in [9.17, 15) is 4.79 Å². The molecule has 144 valence electrons. The molecule has 0 saturated carbocycles. The minimum Gasteiger partial charge on any atom is -0.490 e. The highest BCUT2D eigenvalue weighted by Crippen LogP contribution is 2.30. The summed E-state index contributed by atoms with van der Waals surface area (Å²) >= 11 is 12.2. The molecule has 0 aliphatic carbocycles. The van der Waals surface area contributed by atoms with E-state index in [2.05, 4.69) is 10.4 Å². The van der Waals surface area contributed by atoms with E-state index in [4.69, 9.17) is 32.7 Å². The van der Waals surface area contributed by atoms with Gasteiger partial charge in [-0.1, -0.05) is 29.3 Å². The lowest BCUT2D eigenvalue weighted by Crippen LogP contribution is -2.22. The molecule has 1 N–H and O–H groups in total. The molecule has 1 aliphatic rings. The van der Waals surface area contributed by atoms with Crippen molar-refractivity contribution in [2.24, 2.45) is 0 Å². The van der Waals surface area contributed by atoms with Crippen LogP contribution in [0.1, 0.15) is 12.0 Å². The standard InChI is InChI=1S/C20H17Cl2N3O3/c21-14-3-5-15(6-4-14)25-20(26)19(22)16(12-24-25)23-11-13-2-7-17-18(10-13)28-9-1-8-27-17/h2-7,10,12,23H,1,8-9,11H2. The maximum absolute atomic E-state index is 12.6. The summed E-state index contributed by atoms with van der Waals surface area (Å²) in [5.41, 5.74) is 1.62. The van der Waals surface area contributed by atoms with Crippen molar-refractivity contribution >= 4 is 28.9 Å². The average molecular weight is 418 g/mol. The maximum Gasteiger partial charge on any atom is 0.292 e. The summed E-state index contributed by atoms with van der Waals surface area (Å²) in [5, 5.41) is 8.01. The number of nitrogens with one attached hydrogen (secondary N) is 1. The van der Waals surface area contributed by atoms with Crippen LogP contribution in [0.4, 0.5) is 5.69 Å². The second kappa shape index (κ2) is 8.12. The van der Waals surface area contributed by atoms with Crippen molar-refractivity contribution in [1.29, 1.82) is 0 Å². The van der Waals surface area contributed by atoms with Gasteiger partial charge in [0.05, 0.1) is 30.8 Å². The van der Waals surface area contributed by atoms with E-state index in [1.807, 2.05) is 18.2 Å². The first-order valence-electron chi connectivity index (χ1n) is 8.78. The third-order valence-corrected chi connectivity index (χ3v) is 4.90. The second-order valence-electron chi connectivity index (χ2n) is 6.25. The van der Waals surface area contributed by atoms with E-state index in [-0.39, 0.29) is 5.02 Å². The monoisotopic (exact) mass is 417 g/mol. The Hall–Kier alpha value is -2.70. The normalized spacial score (nSPS) is 13.1. The summed E-state index contributed by atoms with van der Waals surface area (Å²) in [4.78, 5) is 12.6. The molecule has 6 nitrogen and oxygen atoms in total. The molecule has 0 saturated heterocycles. The van der Waals surface area contributed by atoms with Crippen LogP contribution in [-0.4, -0.2) is 23.0 Å². The molecule has 0 unspecified atom stereocenters. The van der Waals surface area contributed by atoms with Crippen molar-refractivity contribution in [3.63, 3.8) is 0 Å². The van der Waals surface area contributed by atoms with Gasteiger partial charge in [-0.2, -0.15) is 9.78 Å². The molecule has 1 aliphatic heterocycles. The Bertz CT molecular complexity index is 1050. The van der Waals surface area contributed by atoms with Crippen molar-refractivity contribution in [2.45, 2.75) is 13.0 Å². The van der Waals surface area contributed by atoms with Gasteiger partial charge in [-0.15, -0.1) is 0 Å². The molecule has 28 heavy (non-hydrogen) atoms. The number of nitrogens with zero attached hydrogens (tertiary/aromatic N) is 2. The van der Waals surface area contributed by atoms with Crippen LogP contribution in [-0.2, 0) is 6.54 Å². The Kier molecular flexibility index (Phi) is 5.41. The fraction of sp³-hybridized carbons (Fsp3) is 0.200. The van der Waals surface area contributed by atoms with Crippen LogP contribution in [0, 0.1) is 0 Å². The van der Waals surface area contributed by atoms with Gasteiger partial charge in [-0.3, -0.25) is 4.79 Å². The van der Waals surface area contributed by atoms with Gasteiger partial charge in [-0.25, -0.2) is 0 Å². The molecule has 8 heteroatoms. The number of rotatable bonds is 4. The molecular weight excluding hydrogens is 401 g/mol. The van der Waals surface area contributed by atoms with E-state index in [1.54, 1.807) is 24.3 Å². The number of benzene rings is 2. The van der Waals surface area contributed by atoms with Crippen molar-refractivity contribution < 1.29 is 9.47 Å². The average Bonchev–Trinajstić information content (AvgIpc) is 2.95. The van der Waals surface area contributed by atoms with Gasteiger partial charge in [0.2, 0.25) is 0 Å². The zero-order valence-electron chi connectivity index (χ0n) is 14.8. The van der Waals surface area contributed by atoms with Gasteiger partial charge in [0.1, 0.15) is 5.02 Å². The number of aromatic nitrogens is 2. The molecule has 1 aromatic heterocycles. The Labute approximate surface area is 171 Å². The van der Waals surface area contributed by atoms with Crippen molar-refractivity contribution in [2.75, 3.05) is 18.5 Å². The molecule has 0 amide bonds. The summed E-state index contributed by atoms with van der Waals surface area (Å²) < 4.78 is 12.6. The topological polar surface area (TPSA) is 65.4 Å². The van der Waals surface area contributed by atoms with Gasteiger partial charge >= 0.3 is 0 Å². The molecule has 3 aromatic rings. The Morgan fingerprint density at radius 3 is 2.57 bits per heavy atom. The van der Waals surface area contributed by atoms with Crippen LogP contribution < -0.4 is 20.3 Å². The van der Waals surface area contributed by atoms with Crippen LogP contribution >= 0.6 is 23.2 Å². The predicted molar refractivity (Wildman–Crippen MR) is 109 cm³/mol. The Morgan fingerprint density at radius 1 is 1.04 bits per heavy atom. The molecule has 0 atom stereocenters. The van der Waals surface area contributed by atoms with Crippen molar-refractivity contribution in [3.8, 4) is 17.2 Å². The minimum absolute atomic E-state index is 0.0688. The zero-order valence-corrected chi connectivity index (χ0v) is 16.3. The quantitative estimate of drug-likeness (QED) is 0.684. The van der Waals surface area contributed by atoms with Crippen LogP contribution in [0.15, 0.2) is 53.5 Å². The van der Waals surface area contributed by atoms with Gasteiger partial charge in [-0.05, 0) is 42.0 Å². The zero-order chi connectivity index (χ0) is 19.5. The lowest BCUT2D eigenvalue weighted by molar-refractivity contribution is 0.297. The summed E-state index contributed by atoms with van der Waals surface area (Å²) in [6.45, 7) is 1.74. The highest BCUT2D eigenvalue weighted by atomic mass is 35.5. The fourth-order valence-corrected chi connectivity index (χ4v) is 3.16. The molecule has 0 fully saturated rings. The predicted octanol–water partition coefficient (Wildman–Crippen LogP) is 4.31. The summed E-state index contributed by atoms with van der Waals surface area (Å²) in [5.74, 6) is 1.46. The number of hydrogen-bond acceptors (Lipinski definition) is 5. The van der Waals surface area contributed by atoms with Crippen molar-refractivity contribution in [1.82, 2.24) is 9.78 Å². The van der Waals surface area contributed by atoms with Gasteiger partial charge < -0.3 is 14.8 Å². The molecular formula is C20H17Cl2N3O3. The van der Waals surface area contributed by atoms with Gasteiger partial charge in [0.15, 0.2) is 11.5 Å². The van der Waals surface area contributed by atoms with Crippen molar-refractivity contribution in [3.05, 3.63) is 74.6 Å². The summed E-state index contributed by atoms with van der Waals surface area (Å²) in [7, 11) is 0. The highest BCUT2D eigenvalue weighted by molar-refractivity contribution is 6.33. The molecule has 2 heterocycles. The van der Waals surface area contributed by atoms with E-state index < -0.39 is 5.56 Å². The number of hydrogen-bond donors (Lipinski definition) is 1. The SMILES string of the molecule is O=c1c(Cl)c(NCc2ccc3c(c2)OCCCO3)cnn1-c1ccc(Cl)cc1. The number of ether oxygens (including phenoxy) is 2. The highest BCUT2D eigenvalue weighted by Gasteiger charge is 2.13. The first kappa shape index (κ1) is 18.7. The molecule has 2 aromatic carbocycles. The van der Waals surface area contributed by atoms with Crippen LogP contribution in [0.2, 0.25) is 10.0 Å². The minimum atomic E-state index is -0.410. The van der Waals surface area contributed by atoms with Crippen LogP contribution in [0.3, 0.4) is 0 Å². The molecule has 4 rings (SSSR count).